The van der Waals surface area contributed by atoms with E-state index in [4.69, 9.17) is 10.3 Å². The van der Waals surface area contributed by atoms with Crippen LogP contribution in [0.1, 0.15) is 19.8 Å². The third-order valence-electron chi connectivity index (χ3n) is 2.73. The Balaban J connectivity index is 2.32. The van der Waals surface area contributed by atoms with Crippen molar-refractivity contribution in [3.8, 4) is 0 Å². The second-order valence-corrected chi connectivity index (χ2v) is 6.84. The van der Waals surface area contributed by atoms with Crippen molar-refractivity contribution in [3.05, 3.63) is 34.7 Å². The summed E-state index contributed by atoms with van der Waals surface area (Å²) in [5.74, 6) is -2.65. The van der Waals surface area contributed by atoms with Crippen LogP contribution in [0.4, 0.5) is 5.69 Å². The molecular weight excluding hydrogens is 338 g/mol. The molecule has 0 aliphatic rings. The molecule has 9 heteroatoms. The Bertz CT molecular complexity index is 574. The minimum Gasteiger partial charge on any atom is -0.549 e. The average Bonchev–Trinajstić information content (AvgIpc) is 2.52. The second-order valence-electron chi connectivity index (χ2n) is 4.35. The molecule has 0 saturated carbocycles. The Labute approximate surface area is 141 Å². The van der Waals surface area contributed by atoms with E-state index >= 15 is 0 Å². The molecule has 7 nitrogen and oxygen atoms in total. The number of benzene rings is 1. The van der Waals surface area contributed by atoms with Crippen LogP contribution < -0.4 is 5.11 Å². The normalized spacial score (nSPS) is 11.3. The van der Waals surface area contributed by atoms with Gasteiger partial charge < -0.3 is 14.6 Å². The lowest BCUT2D eigenvalue weighted by Crippen LogP contribution is -2.37. The number of nitrogens with zero attached hydrogens (tertiary/aromatic N) is 3. The van der Waals surface area contributed by atoms with E-state index in [9.17, 15) is 14.7 Å². The van der Waals surface area contributed by atoms with Gasteiger partial charge in [0, 0.05) is 21.2 Å². The molecule has 0 amide bonds. The topological polar surface area (TPSA) is 115 Å². The van der Waals surface area contributed by atoms with Gasteiger partial charge in [-0.25, -0.2) is 0 Å². The van der Waals surface area contributed by atoms with E-state index in [1.807, 2.05) is 12.1 Å². The molecule has 1 aromatic carbocycles. The van der Waals surface area contributed by atoms with E-state index in [1.165, 1.54) is 10.8 Å². The summed E-state index contributed by atoms with van der Waals surface area (Å²) in [5.41, 5.74) is 8.86. The summed E-state index contributed by atoms with van der Waals surface area (Å²) in [4.78, 5) is 26.1. The van der Waals surface area contributed by atoms with Crippen molar-refractivity contribution >= 4 is 39.2 Å². The maximum atomic E-state index is 11.5. The second kappa shape index (κ2) is 10.8. The number of hydrogen-bond acceptors (Lipinski definition) is 7. The van der Waals surface area contributed by atoms with Gasteiger partial charge in [0.05, 0.1) is 18.5 Å². The van der Waals surface area contributed by atoms with Gasteiger partial charge in [-0.15, -0.1) is 0 Å². The number of carbonyl (C=O) groups excluding carboxylic acids is 2. The summed E-state index contributed by atoms with van der Waals surface area (Å²) in [6.07, 6.45) is 0.760. The lowest BCUT2D eigenvalue weighted by molar-refractivity contribution is -0.311. The smallest absolute Gasteiger partial charge is 0.314 e. The largest absolute Gasteiger partial charge is 0.549 e. The molecule has 0 N–H and O–H groups in total. The van der Waals surface area contributed by atoms with Crippen LogP contribution in [-0.4, -0.2) is 24.3 Å². The van der Waals surface area contributed by atoms with Crippen molar-refractivity contribution in [2.45, 2.75) is 24.7 Å². The number of hydrogen-bond donors (Lipinski definition) is 0. The maximum Gasteiger partial charge on any atom is 0.314 e. The fraction of sp³-hybridized carbons (Fsp3) is 0.429. The first-order valence-corrected chi connectivity index (χ1v) is 9.22. The Morgan fingerprint density at radius 1 is 1.39 bits per heavy atom. The first-order chi connectivity index (χ1) is 11.1. The van der Waals surface area contributed by atoms with Crippen LogP contribution in [0.3, 0.4) is 0 Å². The summed E-state index contributed by atoms with van der Waals surface area (Å²) in [5, 5.41) is 14.4. The average molecular weight is 354 g/mol. The molecule has 1 atom stereocenters. The third-order valence-corrected chi connectivity index (χ3v) is 5.20. The number of aliphatic carboxylic acids is 1. The molecule has 0 aliphatic heterocycles. The molecule has 0 aliphatic carbocycles. The molecule has 124 valence electrons. The Kier molecular flexibility index (Phi) is 9.04. The fourth-order valence-corrected chi connectivity index (χ4v) is 3.75. The van der Waals surface area contributed by atoms with Gasteiger partial charge in [0.2, 0.25) is 0 Å². The van der Waals surface area contributed by atoms with Crippen LogP contribution in [0.2, 0.25) is 0 Å². The van der Waals surface area contributed by atoms with Crippen LogP contribution in [0, 0.1) is 5.92 Å². The summed E-state index contributed by atoms with van der Waals surface area (Å²) in [7, 11) is 3.08. The van der Waals surface area contributed by atoms with E-state index in [-0.39, 0.29) is 13.0 Å². The zero-order chi connectivity index (χ0) is 17.1. The summed E-state index contributed by atoms with van der Waals surface area (Å²) in [6, 6.07) is 7.11. The van der Waals surface area contributed by atoms with Gasteiger partial charge in [0.15, 0.2) is 0 Å². The predicted molar refractivity (Wildman–Crippen MR) is 87.9 cm³/mol. The summed E-state index contributed by atoms with van der Waals surface area (Å²) < 4.78 is 4.72. The molecule has 23 heavy (non-hydrogen) atoms. The predicted octanol–water partition coefficient (Wildman–Crippen LogP) is 3.08. The van der Waals surface area contributed by atoms with Crippen molar-refractivity contribution in [2.24, 2.45) is 11.0 Å². The highest BCUT2D eigenvalue weighted by molar-refractivity contribution is 8.76. The fourth-order valence-electron chi connectivity index (χ4n) is 1.65. The van der Waals surface area contributed by atoms with Gasteiger partial charge in [-0.2, -0.15) is 0 Å². The minimum absolute atomic E-state index is 0.152. The van der Waals surface area contributed by atoms with Gasteiger partial charge >= 0.3 is 5.97 Å². The van der Waals surface area contributed by atoms with E-state index in [0.717, 1.165) is 4.90 Å². The van der Waals surface area contributed by atoms with Crippen molar-refractivity contribution in [3.63, 3.8) is 0 Å². The highest BCUT2D eigenvalue weighted by atomic mass is 33.1. The number of carboxylic acids is 1. The van der Waals surface area contributed by atoms with E-state index < -0.39 is 17.9 Å². The first kappa shape index (κ1) is 19.2. The molecule has 0 fully saturated rings. The summed E-state index contributed by atoms with van der Waals surface area (Å²) in [6.45, 7) is 1.78. The van der Waals surface area contributed by atoms with Gasteiger partial charge in [-0.1, -0.05) is 38.8 Å². The van der Waals surface area contributed by atoms with Crippen LogP contribution >= 0.6 is 21.6 Å². The van der Waals surface area contributed by atoms with Crippen molar-refractivity contribution < 1.29 is 19.4 Å². The van der Waals surface area contributed by atoms with Gasteiger partial charge in [0.1, 0.15) is 0 Å². The minimum atomic E-state index is -1.39. The molecule has 1 unspecified atom stereocenters. The first-order valence-electron chi connectivity index (χ1n) is 6.90. The van der Waals surface area contributed by atoms with Gasteiger partial charge in [0.25, 0.3) is 0 Å². The standard InChI is InChI=1S/C14H17N3O4S2/c1-2-21-14(20)12(13(18)19)4-3-9-22-23-11-7-5-10(6-8-11)16-17-15/h5-8,12H,2-4,9H2,1H3,(H,18,19)/p-1. The zero-order valence-electron chi connectivity index (χ0n) is 12.5. The van der Waals surface area contributed by atoms with Gasteiger partial charge in [-0.3, -0.25) is 4.79 Å². The molecule has 0 bridgehead atoms. The van der Waals surface area contributed by atoms with E-state index in [2.05, 4.69) is 10.0 Å². The SMILES string of the molecule is CCOC(=O)C(CCCSSc1ccc(N=[N+]=[N-])cc1)C(=O)[O-]. The number of carbonyl (C=O) groups is 2. The number of carboxylic acid groups (broad SMARTS) is 1. The maximum absolute atomic E-state index is 11.5. The highest BCUT2D eigenvalue weighted by Gasteiger charge is 2.20. The van der Waals surface area contributed by atoms with Gasteiger partial charge in [-0.05, 0) is 37.4 Å². The van der Waals surface area contributed by atoms with Crippen molar-refractivity contribution in [1.82, 2.24) is 0 Å². The number of rotatable bonds is 10. The van der Waals surface area contributed by atoms with Crippen molar-refractivity contribution in [1.29, 1.82) is 0 Å². The van der Waals surface area contributed by atoms with Crippen LogP contribution in [0.15, 0.2) is 34.3 Å². The highest BCUT2D eigenvalue weighted by Crippen LogP contribution is 2.33. The molecule has 1 aromatic rings. The van der Waals surface area contributed by atoms with Crippen LogP contribution in [0.5, 0.6) is 0 Å². The lowest BCUT2D eigenvalue weighted by atomic mass is 10.0. The monoisotopic (exact) mass is 354 g/mol. The Morgan fingerprint density at radius 3 is 2.65 bits per heavy atom. The Morgan fingerprint density at radius 2 is 2.09 bits per heavy atom. The number of esters is 1. The molecule has 0 heterocycles. The molecule has 1 rings (SSSR count). The molecule has 0 saturated heterocycles. The molecule has 0 spiro atoms. The number of azide groups is 1. The molecule has 0 aromatic heterocycles. The lowest BCUT2D eigenvalue weighted by Gasteiger charge is -2.15. The van der Waals surface area contributed by atoms with Crippen molar-refractivity contribution in [2.75, 3.05) is 12.4 Å². The van der Waals surface area contributed by atoms with E-state index in [0.29, 0.717) is 17.9 Å². The zero-order valence-corrected chi connectivity index (χ0v) is 14.1. The van der Waals surface area contributed by atoms with Crippen LogP contribution in [0.25, 0.3) is 10.4 Å². The van der Waals surface area contributed by atoms with E-state index in [1.54, 1.807) is 29.9 Å². The van der Waals surface area contributed by atoms with Crippen LogP contribution in [-0.2, 0) is 14.3 Å². The molecule has 0 radical (unpaired) electrons. The molecular formula is C14H16N3O4S2-. The number of ether oxygens (including phenoxy) is 1. The Hall–Kier alpha value is -1.83. The summed E-state index contributed by atoms with van der Waals surface area (Å²) >= 11 is 0. The quantitative estimate of drug-likeness (QED) is 0.121. The third kappa shape index (κ3) is 7.32.